The van der Waals surface area contributed by atoms with Crippen molar-refractivity contribution in [2.45, 2.75) is 59.2 Å². The standard InChI is InChI=1S/C22H31NO/c1-17(2)21(20-15-11-8-12-16-20)23(22(4,5)6)24-18(3)19-13-9-7-10-14-19/h7-18,21H,1-6H3/p+1. The molecule has 0 radical (unpaired) electrons. The van der Waals surface area contributed by atoms with Crippen molar-refractivity contribution in [3.63, 3.8) is 0 Å². The van der Waals surface area contributed by atoms with Crippen molar-refractivity contribution in [2.75, 3.05) is 0 Å². The Kier molecular flexibility index (Phi) is 6.20. The van der Waals surface area contributed by atoms with Gasteiger partial charge in [0.05, 0.1) is 5.54 Å². The fourth-order valence-electron chi connectivity index (χ4n) is 3.11. The summed E-state index contributed by atoms with van der Waals surface area (Å²) in [5.41, 5.74) is 2.53. The van der Waals surface area contributed by atoms with E-state index in [4.69, 9.17) is 4.84 Å². The highest BCUT2D eigenvalue weighted by atomic mass is 16.7. The van der Waals surface area contributed by atoms with Crippen molar-refractivity contribution in [3.8, 4) is 0 Å². The molecule has 130 valence electrons. The third-order valence-corrected chi connectivity index (χ3v) is 4.30. The maximum atomic E-state index is 5.15. The molecule has 2 aromatic rings. The molecule has 0 aliphatic heterocycles. The Morgan fingerprint density at radius 3 is 1.62 bits per heavy atom. The van der Waals surface area contributed by atoms with Gasteiger partial charge < -0.3 is 4.84 Å². The second-order valence-corrected chi connectivity index (χ2v) is 7.82. The molecular weight excluding hydrogens is 294 g/mol. The Bertz CT molecular complexity index is 601. The number of aliphatic hydroxyl groups is 1. The van der Waals surface area contributed by atoms with E-state index < -0.39 is 0 Å². The van der Waals surface area contributed by atoms with Crippen LogP contribution in [0.25, 0.3) is 0 Å². The second-order valence-electron chi connectivity index (χ2n) is 7.82. The maximum Gasteiger partial charge on any atom is 0.200 e. The van der Waals surface area contributed by atoms with Gasteiger partial charge in [0.15, 0.2) is 6.10 Å². The molecule has 0 bridgehead atoms. The average Bonchev–Trinajstić information content (AvgIpc) is 2.55. The lowest BCUT2D eigenvalue weighted by molar-refractivity contribution is -0.381. The number of rotatable bonds is 6. The minimum atomic E-state index is -0.0478. The fourth-order valence-corrected chi connectivity index (χ4v) is 3.11. The van der Waals surface area contributed by atoms with Gasteiger partial charge in [-0.2, -0.15) is 0 Å². The molecular formula is C22H32NO+. The monoisotopic (exact) mass is 326 g/mol. The first-order valence-electron chi connectivity index (χ1n) is 8.90. The normalized spacial score (nSPS) is 14.8. The molecule has 2 aromatic carbocycles. The van der Waals surface area contributed by atoms with Crippen LogP contribution in [0.5, 0.6) is 0 Å². The van der Waals surface area contributed by atoms with E-state index in [-0.39, 0.29) is 17.7 Å². The van der Waals surface area contributed by atoms with Crippen LogP contribution in [-0.2, 0) is 0 Å². The SMILES string of the molecule is CC([OH+]N(C(c1ccccc1)C(C)C)C(C)(C)C)c1ccccc1. The zero-order valence-electron chi connectivity index (χ0n) is 15.9. The van der Waals surface area contributed by atoms with Crippen LogP contribution < -0.4 is 0 Å². The molecule has 24 heavy (non-hydrogen) atoms. The molecule has 0 aliphatic rings. The van der Waals surface area contributed by atoms with E-state index in [1.54, 1.807) is 0 Å². The predicted molar refractivity (Wildman–Crippen MR) is 103 cm³/mol. The number of hydrogen-bond acceptors (Lipinski definition) is 1. The summed E-state index contributed by atoms with van der Waals surface area (Å²) in [6.07, 6.45) is 0.135. The van der Waals surface area contributed by atoms with E-state index in [9.17, 15) is 0 Å². The van der Waals surface area contributed by atoms with Gasteiger partial charge in [0.2, 0.25) is 0 Å². The Balaban J connectivity index is 2.33. The van der Waals surface area contributed by atoms with Crippen LogP contribution in [0.3, 0.4) is 0 Å². The number of benzene rings is 2. The van der Waals surface area contributed by atoms with E-state index in [2.05, 4.69) is 107 Å². The molecule has 0 spiro atoms. The molecule has 0 saturated heterocycles. The van der Waals surface area contributed by atoms with Crippen LogP contribution in [0, 0.1) is 5.92 Å². The lowest BCUT2D eigenvalue weighted by Crippen LogP contribution is -2.48. The molecule has 2 unspecified atom stereocenters. The van der Waals surface area contributed by atoms with Crippen molar-refractivity contribution in [2.24, 2.45) is 5.92 Å². The first kappa shape index (κ1) is 18.7. The van der Waals surface area contributed by atoms with Crippen LogP contribution in [0.1, 0.15) is 64.8 Å². The van der Waals surface area contributed by atoms with E-state index >= 15 is 0 Å². The molecule has 2 rings (SSSR count). The molecule has 1 N–H and O–H groups in total. The van der Waals surface area contributed by atoms with Crippen LogP contribution >= 0.6 is 0 Å². The van der Waals surface area contributed by atoms with Crippen molar-refractivity contribution in [3.05, 3.63) is 71.8 Å². The third-order valence-electron chi connectivity index (χ3n) is 4.30. The largest absolute Gasteiger partial charge is 0.320 e. The minimum Gasteiger partial charge on any atom is -0.320 e. The molecule has 0 aromatic heterocycles. The summed E-state index contributed by atoms with van der Waals surface area (Å²) >= 11 is 0. The van der Waals surface area contributed by atoms with Gasteiger partial charge in [-0.3, -0.25) is 0 Å². The summed E-state index contributed by atoms with van der Waals surface area (Å²) < 4.78 is 0. The molecule has 0 aliphatic carbocycles. The average molecular weight is 327 g/mol. The van der Waals surface area contributed by atoms with Gasteiger partial charge in [0.25, 0.3) is 0 Å². The Hall–Kier alpha value is -1.64. The van der Waals surface area contributed by atoms with Crippen LogP contribution in [0.4, 0.5) is 0 Å². The van der Waals surface area contributed by atoms with E-state index in [0.717, 1.165) is 0 Å². The Morgan fingerprint density at radius 2 is 1.21 bits per heavy atom. The van der Waals surface area contributed by atoms with E-state index in [1.165, 1.54) is 11.1 Å². The van der Waals surface area contributed by atoms with Gasteiger partial charge in [-0.25, -0.2) is 0 Å². The summed E-state index contributed by atoms with van der Waals surface area (Å²) in [5, 5.41) is 2.31. The predicted octanol–water partition coefficient (Wildman–Crippen LogP) is 5.69. The molecule has 2 heteroatoms. The zero-order chi connectivity index (χ0) is 17.7. The summed E-state index contributed by atoms with van der Waals surface area (Å²) in [6, 6.07) is 21.5. The quantitative estimate of drug-likeness (QED) is 0.492. The highest BCUT2D eigenvalue weighted by molar-refractivity contribution is 5.20. The first-order chi connectivity index (χ1) is 11.3. The van der Waals surface area contributed by atoms with Crippen LogP contribution in [0.2, 0.25) is 0 Å². The summed E-state index contributed by atoms with van der Waals surface area (Å²) in [6.45, 7) is 13.5. The minimum absolute atomic E-state index is 0.0478. The smallest absolute Gasteiger partial charge is 0.200 e. The number of hydrogen-bond donors (Lipinski definition) is 0. The Morgan fingerprint density at radius 1 is 0.750 bits per heavy atom. The lowest BCUT2D eigenvalue weighted by Gasteiger charge is -2.39. The van der Waals surface area contributed by atoms with Gasteiger partial charge in [0, 0.05) is 12.5 Å². The fraction of sp³-hybridized carbons (Fsp3) is 0.455. The van der Waals surface area contributed by atoms with E-state index in [0.29, 0.717) is 5.92 Å². The summed E-state index contributed by atoms with van der Waals surface area (Å²) in [7, 11) is 0. The Labute approximate surface area is 147 Å². The van der Waals surface area contributed by atoms with Gasteiger partial charge in [-0.05, 0) is 32.3 Å². The maximum absolute atomic E-state index is 5.15. The van der Waals surface area contributed by atoms with Crippen LogP contribution in [-0.4, -0.2) is 15.4 Å². The topological polar surface area (TPSA) is 16.0 Å². The molecule has 0 saturated carbocycles. The van der Waals surface area contributed by atoms with Crippen molar-refractivity contribution < 1.29 is 4.84 Å². The highest BCUT2D eigenvalue weighted by Gasteiger charge is 2.38. The van der Waals surface area contributed by atoms with Crippen molar-refractivity contribution >= 4 is 0 Å². The van der Waals surface area contributed by atoms with Crippen LogP contribution in [0.15, 0.2) is 60.7 Å². The van der Waals surface area contributed by atoms with Crippen molar-refractivity contribution in [1.82, 2.24) is 5.06 Å². The lowest BCUT2D eigenvalue weighted by atomic mass is 9.92. The number of hydroxylamine groups is 2. The summed E-state index contributed by atoms with van der Waals surface area (Å²) in [5.74, 6) is 0.471. The van der Waals surface area contributed by atoms with Gasteiger partial charge >= 0.3 is 0 Å². The van der Waals surface area contributed by atoms with Crippen molar-refractivity contribution in [1.29, 1.82) is 0 Å². The van der Waals surface area contributed by atoms with E-state index in [1.807, 2.05) is 0 Å². The first-order valence-corrected chi connectivity index (χ1v) is 8.90. The zero-order valence-corrected chi connectivity index (χ0v) is 15.9. The second kappa shape index (κ2) is 7.96. The van der Waals surface area contributed by atoms with Gasteiger partial charge in [-0.1, -0.05) is 79.6 Å². The molecule has 2 nitrogen and oxygen atoms in total. The molecule has 0 amide bonds. The molecule has 2 atom stereocenters. The summed E-state index contributed by atoms with van der Waals surface area (Å²) in [4.78, 5) is 5.15. The van der Waals surface area contributed by atoms with Gasteiger partial charge in [0.1, 0.15) is 6.04 Å². The molecule has 0 fully saturated rings. The molecule has 0 heterocycles. The van der Waals surface area contributed by atoms with Gasteiger partial charge in [-0.15, -0.1) is 0 Å². The third kappa shape index (κ3) is 4.68. The number of nitrogens with zero attached hydrogens (tertiary/aromatic N) is 1. The highest BCUT2D eigenvalue weighted by Crippen LogP contribution is 2.35.